The second-order valence-corrected chi connectivity index (χ2v) is 14.5. The van der Waals surface area contributed by atoms with Gasteiger partial charge in [0.2, 0.25) is 5.91 Å². The molecule has 2 aromatic heterocycles. The van der Waals surface area contributed by atoms with Crippen LogP contribution in [0.3, 0.4) is 0 Å². The highest BCUT2D eigenvalue weighted by atomic mass is 19.1. The molecule has 14 heteroatoms. The van der Waals surface area contributed by atoms with E-state index in [9.17, 15) is 28.3 Å². The first-order chi connectivity index (χ1) is 26.1. The fourth-order valence-electron chi connectivity index (χ4n) is 8.18. The summed E-state index contributed by atoms with van der Waals surface area (Å²) in [7, 11) is 0. The molecule has 1 saturated carbocycles. The van der Waals surface area contributed by atoms with Gasteiger partial charge >= 0.3 is 5.69 Å². The summed E-state index contributed by atoms with van der Waals surface area (Å²) < 4.78 is 31.0. The number of hydrogen-bond acceptors (Lipinski definition) is 9. The van der Waals surface area contributed by atoms with Crippen molar-refractivity contribution in [1.82, 2.24) is 34.1 Å². The quantitative estimate of drug-likeness (QED) is 0.275. The van der Waals surface area contributed by atoms with Crippen molar-refractivity contribution in [3.63, 3.8) is 0 Å². The predicted molar refractivity (Wildman–Crippen MR) is 202 cm³/mol. The fraction of sp³-hybridized carbons (Fsp3) is 0.375. The number of fused-ring (bicyclic) bond motifs is 2. The molecule has 0 bridgehead atoms. The molecule has 12 nitrogen and oxygen atoms in total. The Bertz CT molecular complexity index is 2320. The number of allylic oxidation sites excluding steroid dienone is 2. The predicted octanol–water partition coefficient (Wildman–Crippen LogP) is 4.26. The molecular weight excluding hydrogens is 694 g/mol. The van der Waals surface area contributed by atoms with Crippen molar-refractivity contribution in [2.24, 2.45) is 4.99 Å². The van der Waals surface area contributed by atoms with Crippen LogP contribution in [-0.2, 0) is 11.3 Å². The summed E-state index contributed by atoms with van der Waals surface area (Å²) in [5.74, 6) is -0.0310. The summed E-state index contributed by atoms with van der Waals surface area (Å²) >= 11 is 0. The highest BCUT2D eigenvalue weighted by Gasteiger charge is 2.30. The zero-order valence-electron chi connectivity index (χ0n) is 30.0. The maximum Gasteiger partial charge on any atom is 0.337 e. The molecule has 0 spiro atoms. The molecule has 0 radical (unpaired) electrons. The average molecular weight is 737 g/mol. The van der Waals surface area contributed by atoms with Crippen molar-refractivity contribution >= 4 is 22.8 Å². The van der Waals surface area contributed by atoms with Gasteiger partial charge in [0, 0.05) is 71.0 Å². The number of aromatic nitrogens is 3. The van der Waals surface area contributed by atoms with Gasteiger partial charge in [-0.3, -0.25) is 24.0 Å². The largest absolute Gasteiger partial charge is 0.508 e. The number of carbonyl (C=O) groups is 1. The standard InChI is InChI=1S/C40H42F2N8O4/c1-25(51)47-15-13-46(14-16-47)22-27-18-34(52)10-11-35(27)26-3-2-4-33(17-26)49-38-36(19-29(42)20-44-38)39(53)50(40(49)54)32-8-6-30(7-9-32)43-21-31-24-48-23-28(41)5-12-37(48)45-31/h2-5,10-12,17-20,23,30-32,43,52H,6-9,13-16,21-22,24H2,1H3. The summed E-state index contributed by atoms with van der Waals surface area (Å²) in [4.78, 5) is 55.1. The molecule has 2 N–H and O–H groups in total. The van der Waals surface area contributed by atoms with Gasteiger partial charge < -0.3 is 20.2 Å². The minimum atomic E-state index is -0.670. The number of amides is 1. The number of phenols is 1. The number of carbonyl (C=O) groups excluding carboxylic acids is 1. The summed E-state index contributed by atoms with van der Waals surface area (Å²) in [5, 5.41) is 14.1. The fourth-order valence-corrected chi connectivity index (χ4v) is 8.18. The summed E-state index contributed by atoms with van der Waals surface area (Å²) in [6, 6.07) is 13.5. The van der Waals surface area contributed by atoms with Gasteiger partial charge in [0.1, 0.15) is 23.2 Å². The zero-order chi connectivity index (χ0) is 37.5. The Labute approximate surface area is 310 Å². The number of benzene rings is 2. The van der Waals surface area contributed by atoms with E-state index >= 15 is 0 Å². The molecule has 2 aromatic carbocycles. The van der Waals surface area contributed by atoms with Crippen LogP contribution in [0.4, 0.5) is 8.78 Å². The number of halogens is 2. The van der Waals surface area contributed by atoms with Crippen LogP contribution in [0.1, 0.15) is 44.2 Å². The first kappa shape index (κ1) is 35.6. The molecule has 1 atom stereocenters. The molecule has 1 saturated heterocycles. The van der Waals surface area contributed by atoms with Gasteiger partial charge in [-0.05, 0) is 84.9 Å². The molecule has 4 aromatic rings. The smallest absolute Gasteiger partial charge is 0.337 e. The number of aliphatic imine (C=N–C) groups is 1. The van der Waals surface area contributed by atoms with Crippen molar-refractivity contribution < 1.29 is 18.7 Å². The molecule has 8 rings (SSSR count). The molecule has 5 heterocycles. The Morgan fingerprint density at radius 3 is 2.56 bits per heavy atom. The van der Waals surface area contributed by atoms with Gasteiger partial charge in [-0.2, -0.15) is 0 Å². The molecule has 280 valence electrons. The van der Waals surface area contributed by atoms with Crippen LogP contribution in [0, 0.1) is 5.82 Å². The first-order valence-electron chi connectivity index (χ1n) is 18.5. The van der Waals surface area contributed by atoms with Crippen molar-refractivity contribution in [1.29, 1.82) is 0 Å². The molecule has 2 fully saturated rings. The lowest BCUT2D eigenvalue weighted by atomic mass is 9.90. The van der Waals surface area contributed by atoms with Gasteiger partial charge in [-0.15, -0.1) is 0 Å². The van der Waals surface area contributed by atoms with Crippen LogP contribution in [0.25, 0.3) is 27.8 Å². The monoisotopic (exact) mass is 736 g/mol. The zero-order valence-corrected chi connectivity index (χ0v) is 30.0. The van der Waals surface area contributed by atoms with Crippen LogP contribution in [0.5, 0.6) is 5.75 Å². The molecule has 1 amide bonds. The van der Waals surface area contributed by atoms with Crippen LogP contribution >= 0.6 is 0 Å². The SMILES string of the molecule is CC(=O)N1CCN(Cc2cc(O)ccc2-c2cccc(-n3c(=O)n(C4CCC(NCC5CN6C=C(F)C=CC6=N5)CC4)c(=O)c4cc(F)cnc43)c2)CC1. The molecule has 4 aliphatic rings. The minimum Gasteiger partial charge on any atom is -0.508 e. The third kappa shape index (κ3) is 7.10. The maximum absolute atomic E-state index is 14.6. The van der Waals surface area contributed by atoms with E-state index < -0.39 is 23.1 Å². The summed E-state index contributed by atoms with van der Waals surface area (Å²) in [6.07, 6.45) is 8.14. The van der Waals surface area contributed by atoms with E-state index in [4.69, 9.17) is 0 Å². The van der Waals surface area contributed by atoms with Crippen molar-refractivity contribution in [2.45, 2.75) is 57.3 Å². The van der Waals surface area contributed by atoms with E-state index in [1.54, 1.807) is 31.2 Å². The summed E-state index contributed by atoms with van der Waals surface area (Å²) in [6.45, 7) is 6.01. The number of amidine groups is 1. The van der Waals surface area contributed by atoms with E-state index in [1.165, 1.54) is 21.4 Å². The number of pyridine rings is 1. The minimum absolute atomic E-state index is 0.0147. The lowest BCUT2D eigenvalue weighted by Gasteiger charge is -2.34. The second-order valence-electron chi connectivity index (χ2n) is 14.5. The second kappa shape index (κ2) is 14.7. The Kier molecular flexibility index (Phi) is 9.71. The van der Waals surface area contributed by atoms with Crippen molar-refractivity contribution in [3.8, 4) is 22.6 Å². The number of aromatic hydroxyl groups is 1. The van der Waals surface area contributed by atoms with E-state index in [1.807, 2.05) is 34.1 Å². The topological polar surface area (TPSA) is 128 Å². The van der Waals surface area contributed by atoms with Crippen LogP contribution in [0.2, 0.25) is 0 Å². The van der Waals surface area contributed by atoms with Gasteiger partial charge in [0.05, 0.1) is 23.3 Å². The van der Waals surface area contributed by atoms with Crippen LogP contribution in [-0.4, -0.2) is 97.0 Å². The number of hydrogen-bond donors (Lipinski definition) is 2. The Morgan fingerprint density at radius 2 is 1.78 bits per heavy atom. The summed E-state index contributed by atoms with van der Waals surface area (Å²) in [5.41, 5.74) is 1.97. The number of phenolic OH excluding ortho intramolecular Hbond substituents is 1. The third-order valence-corrected chi connectivity index (χ3v) is 11.0. The highest BCUT2D eigenvalue weighted by molar-refractivity contribution is 5.96. The normalized spacial score (nSPS) is 21.6. The van der Waals surface area contributed by atoms with Crippen molar-refractivity contribution in [2.75, 3.05) is 39.3 Å². The Balaban J connectivity index is 1.05. The van der Waals surface area contributed by atoms with Crippen molar-refractivity contribution in [3.05, 3.63) is 111 Å². The Morgan fingerprint density at radius 1 is 0.981 bits per heavy atom. The molecular formula is C40H42F2N8O4. The van der Waals surface area contributed by atoms with E-state index in [2.05, 4.69) is 20.2 Å². The van der Waals surface area contributed by atoms with E-state index in [-0.39, 0.29) is 40.6 Å². The van der Waals surface area contributed by atoms with E-state index in [0.29, 0.717) is 64.3 Å². The van der Waals surface area contributed by atoms with Gasteiger partial charge in [-0.1, -0.05) is 18.2 Å². The third-order valence-electron chi connectivity index (χ3n) is 11.0. The Hall–Kier alpha value is -5.47. The van der Waals surface area contributed by atoms with Crippen LogP contribution in [0.15, 0.2) is 93.5 Å². The molecule has 1 aliphatic carbocycles. The van der Waals surface area contributed by atoms with E-state index in [0.717, 1.165) is 47.6 Å². The lowest BCUT2D eigenvalue weighted by molar-refractivity contribution is -0.130. The number of rotatable bonds is 8. The first-order valence-corrected chi connectivity index (χ1v) is 18.5. The lowest BCUT2D eigenvalue weighted by Crippen LogP contribution is -2.47. The number of nitrogens with one attached hydrogen (secondary N) is 1. The average Bonchev–Trinajstić information content (AvgIpc) is 3.57. The molecule has 3 aliphatic heterocycles. The number of nitrogens with zero attached hydrogens (tertiary/aromatic N) is 7. The van der Waals surface area contributed by atoms with Gasteiger partial charge in [-0.25, -0.2) is 23.1 Å². The maximum atomic E-state index is 14.6. The van der Waals surface area contributed by atoms with Gasteiger partial charge in [0.15, 0.2) is 5.65 Å². The number of piperazine rings is 1. The van der Waals surface area contributed by atoms with Gasteiger partial charge in [0.25, 0.3) is 5.56 Å². The van der Waals surface area contributed by atoms with Crippen LogP contribution < -0.4 is 16.6 Å². The molecule has 1 unspecified atom stereocenters. The highest BCUT2D eigenvalue weighted by Crippen LogP contribution is 2.31. The molecule has 54 heavy (non-hydrogen) atoms.